The standard InChI is InChI=1S/C18H15N3O5S/c22-15(19-13-6-4-5-12(11-13)17(23)24)9-10-27-16-18(25)26-20-21(16)14-7-2-1-3-8-14/h1-8,11H,9-10H2,(H2-,19,20,22,23,24,25)/p+1. The van der Waals surface area contributed by atoms with Gasteiger partial charge in [0.2, 0.25) is 11.6 Å². The molecule has 0 saturated carbocycles. The van der Waals surface area contributed by atoms with E-state index in [-0.39, 0.29) is 17.9 Å². The monoisotopic (exact) mass is 386 g/mol. The predicted molar refractivity (Wildman–Crippen MR) is 98.2 cm³/mol. The molecular formula is C18H16N3O5S+. The van der Waals surface area contributed by atoms with Crippen LogP contribution in [0.2, 0.25) is 0 Å². The van der Waals surface area contributed by atoms with Gasteiger partial charge in [0.25, 0.3) is 0 Å². The molecule has 3 rings (SSSR count). The van der Waals surface area contributed by atoms with E-state index in [1.54, 1.807) is 12.1 Å². The fraction of sp³-hybridized carbons (Fsp3) is 0.111. The van der Waals surface area contributed by atoms with E-state index in [9.17, 15) is 14.4 Å². The summed E-state index contributed by atoms with van der Waals surface area (Å²) in [4.78, 5) is 34.9. The van der Waals surface area contributed by atoms with Crippen LogP contribution in [0.1, 0.15) is 16.8 Å². The van der Waals surface area contributed by atoms with Gasteiger partial charge >= 0.3 is 16.6 Å². The summed E-state index contributed by atoms with van der Waals surface area (Å²) in [5.74, 6) is -0.998. The average Bonchev–Trinajstić information content (AvgIpc) is 3.03. The van der Waals surface area contributed by atoms with E-state index in [0.29, 0.717) is 16.5 Å². The van der Waals surface area contributed by atoms with Crippen molar-refractivity contribution < 1.29 is 23.9 Å². The van der Waals surface area contributed by atoms with Gasteiger partial charge in [-0.05, 0) is 39.9 Å². The minimum absolute atomic E-state index is 0.0935. The van der Waals surface area contributed by atoms with Gasteiger partial charge in [0.05, 0.1) is 5.56 Å². The lowest BCUT2D eigenvalue weighted by molar-refractivity contribution is -0.704. The molecule has 0 unspecified atom stereocenters. The van der Waals surface area contributed by atoms with Crippen molar-refractivity contribution in [2.45, 2.75) is 11.4 Å². The highest BCUT2D eigenvalue weighted by Gasteiger charge is 2.23. The number of carbonyl (C=O) groups excluding carboxylic acids is 1. The first-order valence-corrected chi connectivity index (χ1v) is 8.98. The lowest BCUT2D eigenvalue weighted by Gasteiger charge is -2.05. The molecule has 2 aromatic carbocycles. The zero-order chi connectivity index (χ0) is 19.2. The Bertz CT molecular complexity index is 1010. The van der Waals surface area contributed by atoms with Gasteiger partial charge in [0.1, 0.15) is 0 Å². The molecular weight excluding hydrogens is 370 g/mol. The third-order valence-corrected chi connectivity index (χ3v) is 4.61. The number of hydrogen-bond donors (Lipinski definition) is 3. The minimum Gasteiger partial charge on any atom is -0.478 e. The summed E-state index contributed by atoms with van der Waals surface area (Å²) < 4.78 is 6.36. The van der Waals surface area contributed by atoms with Crippen molar-refractivity contribution >= 4 is 29.3 Å². The quantitative estimate of drug-likeness (QED) is 0.423. The highest BCUT2D eigenvalue weighted by atomic mass is 32.2. The van der Waals surface area contributed by atoms with Crippen LogP contribution in [-0.4, -0.2) is 28.0 Å². The number of rotatable bonds is 7. The van der Waals surface area contributed by atoms with Gasteiger partial charge in [-0.25, -0.2) is 9.59 Å². The molecule has 0 fully saturated rings. The third-order valence-electron chi connectivity index (χ3n) is 3.58. The number of nitrogens with one attached hydrogen (secondary N) is 2. The molecule has 1 heterocycles. The number of aromatic amines is 1. The molecule has 1 amide bonds. The molecule has 138 valence electrons. The van der Waals surface area contributed by atoms with Gasteiger partial charge in [0, 0.05) is 30.0 Å². The summed E-state index contributed by atoms with van der Waals surface area (Å²) in [6, 6.07) is 15.2. The Morgan fingerprint density at radius 2 is 1.93 bits per heavy atom. The first-order chi connectivity index (χ1) is 13.0. The number of aromatic carboxylic acids is 1. The van der Waals surface area contributed by atoms with Crippen LogP contribution in [0.5, 0.6) is 0 Å². The SMILES string of the molecule is O=C(CCSc1c(=O)o[nH][n+]1-c1ccccc1)Nc1cccc(C(=O)O)c1. The number of para-hydroxylation sites is 1. The van der Waals surface area contributed by atoms with Gasteiger partial charge in [-0.3, -0.25) is 9.32 Å². The smallest absolute Gasteiger partial charge is 0.442 e. The number of H-pyrrole nitrogens is 1. The molecule has 3 aromatic rings. The Morgan fingerprint density at radius 3 is 2.67 bits per heavy atom. The zero-order valence-electron chi connectivity index (χ0n) is 14.0. The second-order valence-corrected chi connectivity index (χ2v) is 6.57. The van der Waals surface area contributed by atoms with Crippen LogP contribution in [0.25, 0.3) is 5.69 Å². The summed E-state index contributed by atoms with van der Waals surface area (Å²) in [5, 5.41) is 14.5. The van der Waals surface area contributed by atoms with Crippen LogP contribution >= 0.6 is 11.8 Å². The van der Waals surface area contributed by atoms with Gasteiger partial charge in [-0.15, -0.1) is 0 Å². The van der Waals surface area contributed by atoms with Crippen LogP contribution in [0.3, 0.4) is 0 Å². The highest BCUT2D eigenvalue weighted by molar-refractivity contribution is 7.99. The van der Waals surface area contributed by atoms with Crippen molar-refractivity contribution in [1.29, 1.82) is 0 Å². The fourth-order valence-corrected chi connectivity index (χ4v) is 3.24. The largest absolute Gasteiger partial charge is 0.478 e. The van der Waals surface area contributed by atoms with Gasteiger partial charge in [0.15, 0.2) is 0 Å². The predicted octanol–water partition coefficient (Wildman–Crippen LogP) is 2.06. The topological polar surface area (TPSA) is 116 Å². The summed E-state index contributed by atoms with van der Waals surface area (Å²) in [5.41, 5.74) is 0.723. The average molecular weight is 386 g/mol. The van der Waals surface area contributed by atoms with Crippen LogP contribution in [0.15, 0.2) is 68.9 Å². The Labute approximate surface area is 157 Å². The normalized spacial score (nSPS) is 10.5. The molecule has 0 saturated heterocycles. The van der Waals surface area contributed by atoms with E-state index in [1.807, 2.05) is 30.3 Å². The Hall–Kier alpha value is -3.33. The van der Waals surface area contributed by atoms with Crippen molar-refractivity contribution in [3.63, 3.8) is 0 Å². The van der Waals surface area contributed by atoms with Crippen LogP contribution in [0.4, 0.5) is 5.69 Å². The number of aromatic nitrogens is 2. The molecule has 0 aliphatic rings. The molecule has 9 heteroatoms. The zero-order valence-corrected chi connectivity index (χ0v) is 14.9. The van der Waals surface area contributed by atoms with Crippen molar-refractivity contribution in [3.8, 4) is 5.69 Å². The molecule has 0 bridgehead atoms. The van der Waals surface area contributed by atoms with Crippen LogP contribution in [0, 0.1) is 0 Å². The fourth-order valence-electron chi connectivity index (χ4n) is 2.33. The number of nitrogens with zero attached hydrogens (tertiary/aromatic N) is 1. The van der Waals surface area contributed by atoms with E-state index < -0.39 is 11.6 Å². The number of amides is 1. The van der Waals surface area contributed by atoms with E-state index in [4.69, 9.17) is 9.63 Å². The maximum atomic E-state index is 12.1. The van der Waals surface area contributed by atoms with Gasteiger partial charge in [-0.1, -0.05) is 24.3 Å². The van der Waals surface area contributed by atoms with Crippen LogP contribution < -0.4 is 15.6 Å². The van der Waals surface area contributed by atoms with Crippen molar-refractivity contribution in [2.75, 3.05) is 11.1 Å². The number of hydrogen-bond acceptors (Lipinski definition) is 5. The Kier molecular flexibility index (Phi) is 5.72. The summed E-state index contributed by atoms with van der Waals surface area (Å²) >= 11 is 1.19. The molecule has 1 aromatic heterocycles. The first kappa shape index (κ1) is 18.5. The molecule has 0 atom stereocenters. The molecule has 3 N–H and O–H groups in total. The molecule has 0 spiro atoms. The van der Waals surface area contributed by atoms with E-state index in [0.717, 1.165) is 5.69 Å². The maximum absolute atomic E-state index is 12.1. The van der Waals surface area contributed by atoms with Crippen molar-refractivity contribution in [2.24, 2.45) is 0 Å². The summed E-state index contributed by atoms with van der Waals surface area (Å²) in [7, 11) is 0. The first-order valence-electron chi connectivity index (χ1n) is 7.99. The Balaban J connectivity index is 1.60. The maximum Gasteiger partial charge on any atom is 0.442 e. The van der Waals surface area contributed by atoms with E-state index >= 15 is 0 Å². The molecule has 0 radical (unpaired) electrons. The summed E-state index contributed by atoms with van der Waals surface area (Å²) in [6.45, 7) is 0. The van der Waals surface area contributed by atoms with Gasteiger partial charge < -0.3 is 10.4 Å². The van der Waals surface area contributed by atoms with Crippen molar-refractivity contribution in [1.82, 2.24) is 5.27 Å². The lowest BCUT2D eigenvalue weighted by atomic mass is 10.2. The van der Waals surface area contributed by atoms with E-state index in [1.165, 1.54) is 28.6 Å². The lowest BCUT2D eigenvalue weighted by Crippen LogP contribution is -2.36. The molecule has 27 heavy (non-hydrogen) atoms. The Morgan fingerprint density at radius 1 is 1.15 bits per heavy atom. The molecule has 0 aliphatic heterocycles. The number of carboxylic acids is 1. The second-order valence-electron chi connectivity index (χ2n) is 5.49. The van der Waals surface area contributed by atoms with Crippen molar-refractivity contribution in [3.05, 3.63) is 70.6 Å². The van der Waals surface area contributed by atoms with E-state index in [2.05, 4.69) is 10.6 Å². The van der Waals surface area contributed by atoms with Crippen LogP contribution in [-0.2, 0) is 4.79 Å². The second kappa shape index (κ2) is 8.37. The number of benzene rings is 2. The number of carboxylic acid groups (broad SMARTS) is 1. The van der Waals surface area contributed by atoms with Gasteiger partial charge in [-0.2, -0.15) is 0 Å². The number of anilines is 1. The number of thioether (sulfide) groups is 1. The molecule has 0 aliphatic carbocycles. The molecule has 8 nitrogen and oxygen atoms in total. The minimum atomic E-state index is -1.06. The number of carbonyl (C=O) groups is 2. The summed E-state index contributed by atoms with van der Waals surface area (Å²) in [6.07, 6.45) is 0.140. The third kappa shape index (κ3) is 4.64. The highest BCUT2D eigenvalue weighted by Crippen LogP contribution is 2.14.